The standard InChI is InChI=1S/C17H16BrN/c1-12(2)19-11-16(13-7-9-14(18)10-8-13)15-5-3-4-6-17(15)19/h3-12H,1-2H3. The highest BCUT2D eigenvalue weighted by Gasteiger charge is 2.11. The lowest BCUT2D eigenvalue weighted by molar-refractivity contribution is 0.623. The highest BCUT2D eigenvalue weighted by molar-refractivity contribution is 9.10. The molecule has 0 atom stereocenters. The molecule has 19 heavy (non-hydrogen) atoms. The van der Waals surface area contributed by atoms with Crippen LogP contribution in [0.25, 0.3) is 22.0 Å². The molecule has 0 radical (unpaired) electrons. The van der Waals surface area contributed by atoms with Crippen molar-refractivity contribution in [1.29, 1.82) is 0 Å². The Morgan fingerprint density at radius 2 is 1.63 bits per heavy atom. The van der Waals surface area contributed by atoms with E-state index in [2.05, 4.69) is 89.1 Å². The third-order valence-electron chi connectivity index (χ3n) is 3.45. The number of nitrogens with zero attached hydrogens (tertiary/aromatic N) is 1. The first-order valence-electron chi connectivity index (χ1n) is 6.52. The van der Waals surface area contributed by atoms with Gasteiger partial charge < -0.3 is 4.57 Å². The van der Waals surface area contributed by atoms with Crippen molar-refractivity contribution in [2.45, 2.75) is 19.9 Å². The number of hydrogen-bond acceptors (Lipinski definition) is 0. The van der Waals surface area contributed by atoms with Gasteiger partial charge in [-0.25, -0.2) is 0 Å². The van der Waals surface area contributed by atoms with Crippen molar-refractivity contribution in [3.8, 4) is 11.1 Å². The second-order valence-corrected chi connectivity index (χ2v) is 5.98. The Morgan fingerprint density at radius 3 is 2.32 bits per heavy atom. The first-order chi connectivity index (χ1) is 9.16. The van der Waals surface area contributed by atoms with Crippen LogP contribution in [0.1, 0.15) is 19.9 Å². The number of halogens is 1. The zero-order valence-corrected chi connectivity index (χ0v) is 12.7. The second kappa shape index (κ2) is 4.86. The Bertz CT molecular complexity index is 708. The quantitative estimate of drug-likeness (QED) is 0.576. The van der Waals surface area contributed by atoms with Gasteiger partial charge in [0.2, 0.25) is 0 Å². The van der Waals surface area contributed by atoms with Crippen LogP contribution in [0.5, 0.6) is 0 Å². The van der Waals surface area contributed by atoms with Gasteiger partial charge in [-0.15, -0.1) is 0 Å². The lowest BCUT2D eigenvalue weighted by atomic mass is 10.1. The number of fused-ring (bicyclic) bond motifs is 1. The van der Waals surface area contributed by atoms with E-state index in [-0.39, 0.29) is 0 Å². The fourth-order valence-corrected chi connectivity index (χ4v) is 2.76. The molecule has 1 heterocycles. The monoisotopic (exact) mass is 313 g/mol. The molecular formula is C17H16BrN. The van der Waals surface area contributed by atoms with Crippen LogP contribution in [0, 0.1) is 0 Å². The highest BCUT2D eigenvalue weighted by atomic mass is 79.9. The summed E-state index contributed by atoms with van der Waals surface area (Å²) in [6.07, 6.45) is 2.26. The van der Waals surface area contributed by atoms with E-state index >= 15 is 0 Å². The van der Waals surface area contributed by atoms with Crippen LogP contribution in [-0.2, 0) is 0 Å². The molecule has 0 N–H and O–H groups in total. The van der Waals surface area contributed by atoms with Crippen molar-refractivity contribution < 1.29 is 0 Å². The summed E-state index contributed by atoms with van der Waals surface area (Å²) in [6, 6.07) is 17.6. The maximum atomic E-state index is 3.49. The van der Waals surface area contributed by atoms with E-state index in [0.717, 1.165) is 4.47 Å². The largest absolute Gasteiger partial charge is 0.344 e. The molecule has 0 aliphatic heterocycles. The Morgan fingerprint density at radius 1 is 0.947 bits per heavy atom. The predicted molar refractivity (Wildman–Crippen MR) is 85.5 cm³/mol. The summed E-state index contributed by atoms with van der Waals surface area (Å²) in [5.74, 6) is 0. The van der Waals surface area contributed by atoms with Gasteiger partial charge in [0.1, 0.15) is 0 Å². The van der Waals surface area contributed by atoms with Crippen LogP contribution in [0.3, 0.4) is 0 Å². The number of aromatic nitrogens is 1. The Hall–Kier alpha value is -1.54. The van der Waals surface area contributed by atoms with Crippen molar-refractivity contribution in [3.05, 3.63) is 59.2 Å². The maximum Gasteiger partial charge on any atom is 0.0489 e. The topological polar surface area (TPSA) is 4.93 Å². The molecule has 0 aliphatic rings. The molecule has 0 saturated heterocycles. The molecule has 2 aromatic carbocycles. The summed E-state index contributed by atoms with van der Waals surface area (Å²) >= 11 is 3.49. The summed E-state index contributed by atoms with van der Waals surface area (Å²) in [5, 5.41) is 1.32. The fraction of sp³-hybridized carbons (Fsp3) is 0.176. The molecule has 0 spiro atoms. The highest BCUT2D eigenvalue weighted by Crippen LogP contribution is 2.32. The van der Waals surface area contributed by atoms with Crippen molar-refractivity contribution >= 4 is 26.8 Å². The average molecular weight is 314 g/mol. The van der Waals surface area contributed by atoms with Crippen LogP contribution in [0.15, 0.2) is 59.2 Å². The van der Waals surface area contributed by atoms with Gasteiger partial charge in [0.05, 0.1) is 0 Å². The van der Waals surface area contributed by atoms with Gasteiger partial charge in [0.15, 0.2) is 0 Å². The summed E-state index contributed by atoms with van der Waals surface area (Å²) < 4.78 is 3.45. The first-order valence-corrected chi connectivity index (χ1v) is 7.31. The number of hydrogen-bond donors (Lipinski definition) is 0. The first kappa shape index (κ1) is 12.5. The van der Waals surface area contributed by atoms with Crippen LogP contribution in [0.4, 0.5) is 0 Å². The number of para-hydroxylation sites is 1. The van der Waals surface area contributed by atoms with Crippen molar-refractivity contribution in [2.24, 2.45) is 0 Å². The van der Waals surface area contributed by atoms with E-state index in [1.165, 1.54) is 22.0 Å². The van der Waals surface area contributed by atoms with Crippen molar-refractivity contribution in [3.63, 3.8) is 0 Å². The Kier molecular flexibility index (Phi) is 3.19. The van der Waals surface area contributed by atoms with Gasteiger partial charge in [-0.1, -0.05) is 46.3 Å². The van der Waals surface area contributed by atoms with E-state index in [0.29, 0.717) is 6.04 Å². The SMILES string of the molecule is CC(C)n1cc(-c2ccc(Br)cc2)c2ccccc21. The third-order valence-corrected chi connectivity index (χ3v) is 3.98. The zero-order chi connectivity index (χ0) is 13.4. The molecule has 0 bridgehead atoms. The summed E-state index contributed by atoms with van der Waals surface area (Å²) in [5.41, 5.74) is 3.87. The average Bonchev–Trinajstić information content (AvgIpc) is 2.79. The van der Waals surface area contributed by atoms with Gasteiger partial charge in [0.25, 0.3) is 0 Å². The normalized spacial score (nSPS) is 11.4. The van der Waals surface area contributed by atoms with E-state index in [9.17, 15) is 0 Å². The molecule has 0 aliphatic carbocycles. The predicted octanol–water partition coefficient (Wildman–Crippen LogP) is 5.65. The minimum atomic E-state index is 0.467. The second-order valence-electron chi connectivity index (χ2n) is 5.07. The van der Waals surface area contributed by atoms with Gasteiger partial charge >= 0.3 is 0 Å². The van der Waals surface area contributed by atoms with E-state index in [4.69, 9.17) is 0 Å². The van der Waals surface area contributed by atoms with E-state index in [1.54, 1.807) is 0 Å². The smallest absolute Gasteiger partial charge is 0.0489 e. The van der Waals surface area contributed by atoms with Gasteiger partial charge in [0, 0.05) is 33.2 Å². The van der Waals surface area contributed by atoms with E-state index in [1.807, 2.05) is 0 Å². The minimum Gasteiger partial charge on any atom is -0.344 e. The molecular weight excluding hydrogens is 298 g/mol. The zero-order valence-electron chi connectivity index (χ0n) is 11.1. The summed E-state index contributed by atoms with van der Waals surface area (Å²) in [7, 11) is 0. The van der Waals surface area contributed by atoms with Crippen LogP contribution >= 0.6 is 15.9 Å². The van der Waals surface area contributed by atoms with Gasteiger partial charge in [-0.05, 0) is 37.6 Å². The lowest BCUT2D eigenvalue weighted by Gasteiger charge is -2.08. The number of benzene rings is 2. The molecule has 0 amide bonds. The summed E-state index contributed by atoms with van der Waals surface area (Å²) in [4.78, 5) is 0. The van der Waals surface area contributed by atoms with Crippen LogP contribution < -0.4 is 0 Å². The molecule has 0 unspecified atom stereocenters. The lowest BCUT2D eigenvalue weighted by Crippen LogP contribution is -1.97. The van der Waals surface area contributed by atoms with E-state index < -0.39 is 0 Å². The maximum absolute atomic E-state index is 3.49. The fourth-order valence-electron chi connectivity index (χ4n) is 2.49. The Balaban J connectivity index is 2.26. The molecule has 1 aromatic heterocycles. The Labute approximate surface area is 122 Å². The molecule has 2 heteroatoms. The number of rotatable bonds is 2. The molecule has 1 nitrogen and oxygen atoms in total. The molecule has 0 fully saturated rings. The van der Waals surface area contributed by atoms with Crippen LogP contribution in [0.2, 0.25) is 0 Å². The molecule has 96 valence electrons. The third kappa shape index (κ3) is 2.21. The molecule has 3 rings (SSSR count). The summed E-state index contributed by atoms with van der Waals surface area (Å²) in [6.45, 7) is 4.44. The molecule has 0 saturated carbocycles. The van der Waals surface area contributed by atoms with Crippen molar-refractivity contribution in [1.82, 2.24) is 4.57 Å². The van der Waals surface area contributed by atoms with Crippen LogP contribution in [-0.4, -0.2) is 4.57 Å². The van der Waals surface area contributed by atoms with Gasteiger partial charge in [-0.2, -0.15) is 0 Å². The minimum absolute atomic E-state index is 0.467. The van der Waals surface area contributed by atoms with Crippen molar-refractivity contribution in [2.75, 3.05) is 0 Å². The molecule has 3 aromatic rings. The van der Waals surface area contributed by atoms with Gasteiger partial charge in [-0.3, -0.25) is 0 Å².